The van der Waals surface area contributed by atoms with Crippen molar-refractivity contribution in [3.05, 3.63) is 30.3 Å². The van der Waals surface area contributed by atoms with E-state index in [2.05, 4.69) is 5.32 Å². The molecule has 0 spiro atoms. The minimum absolute atomic E-state index is 0.0772. The van der Waals surface area contributed by atoms with Gasteiger partial charge in [-0.25, -0.2) is 0 Å². The second-order valence-electron chi connectivity index (χ2n) is 4.36. The lowest BCUT2D eigenvalue weighted by Crippen LogP contribution is -2.41. The van der Waals surface area contributed by atoms with Crippen LogP contribution in [0.4, 0.5) is 0 Å². The molecule has 0 heterocycles. The summed E-state index contributed by atoms with van der Waals surface area (Å²) in [6, 6.07) is 9.48. The molecule has 1 aromatic rings. The van der Waals surface area contributed by atoms with Crippen molar-refractivity contribution in [1.82, 2.24) is 5.32 Å². The van der Waals surface area contributed by atoms with Gasteiger partial charge >= 0.3 is 0 Å². The predicted molar refractivity (Wildman–Crippen MR) is 73.4 cm³/mol. The summed E-state index contributed by atoms with van der Waals surface area (Å²) in [7, 11) is 0. The highest BCUT2D eigenvalue weighted by Gasteiger charge is 2.52. The number of carbonyl (C=O) groups excluding carboxylic acids is 1. The third-order valence-electron chi connectivity index (χ3n) is 3.06. The maximum atomic E-state index is 11.8. The Kier molecular flexibility index (Phi) is 3.81. The Morgan fingerprint density at radius 3 is 2.61 bits per heavy atom. The Balaban J connectivity index is 1.70. The highest BCUT2D eigenvalue weighted by Crippen LogP contribution is 2.46. The molecule has 0 atom stereocenters. The zero-order valence-corrected chi connectivity index (χ0v) is 10.8. The number of ether oxygens (including phenoxy) is 1. The van der Waals surface area contributed by atoms with Crippen LogP contribution in [0.2, 0.25) is 0 Å². The number of thiocarbonyl (C=S) groups is 1. The summed E-state index contributed by atoms with van der Waals surface area (Å²) in [4.78, 5) is 12.1. The fourth-order valence-corrected chi connectivity index (χ4v) is 2.03. The third kappa shape index (κ3) is 2.79. The number of rotatable bonds is 6. The number of nitrogens with two attached hydrogens (primary N) is 1. The summed E-state index contributed by atoms with van der Waals surface area (Å²) in [5, 5.41) is 2.81. The summed E-state index contributed by atoms with van der Waals surface area (Å²) in [5.74, 6) is 0.717. The zero-order valence-electron chi connectivity index (χ0n) is 10.0. The maximum Gasteiger partial charge on any atom is 0.233 e. The van der Waals surface area contributed by atoms with Gasteiger partial charge in [0.1, 0.15) is 12.4 Å². The van der Waals surface area contributed by atoms with Gasteiger partial charge < -0.3 is 15.8 Å². The second-order valence-corrected chi connectivity index (χ2v) is 4.80. The first kappa shape index (κ1) is 12.8. The zero-order chi connectivity index (χ0) is 13.0. The molecule has 1 saturated carbocycles. The Morgan fingerprint density at radius 1 is 1.39 bits per heavy atom. The van der Waals surface area contributed by atoms with Crippen LogP contribution in [0.15, 0.2) is 30.3 Å². The predicted octanol–water partition coefficient (Wildman–Crippen LogP) is 1.25. The van der Waals surface area contributed by atoms with E-state index in [1.807, 2.05) is 30.3 Å². The SMILES string of the molecule is NC(=S)C1(C(=O)NCCOc2ccccc2)CC1. The Bertz CT molecular complexity index is 444. The first-order chi connectivity index (χ1) is 8.65. The van der Waals surface area contributed by atoms with E-state index in [4.69, 9.17) is 22.7 Å². The van der Waals surface area contributed by atoms with E-state index in [-0.39, 0.29) is 5.91 Å². The van der Waals surface area contributed by atoms with E-state index >= 15 is 0 Å². The highest BCUT2D eigenvalue weighted by molar-refractivity contribution is 7.80. The van der Waals surface area contributed by atoms with E-state index in [9.17, 15) is 4.79 Å². The van der Waals surface area contributed by atoms with E-state index in [1.165, 1.54) is 0 Å². The molecule has 18 heavy (non-hydrogen) atoms. The molecule has 1 aromatic carbocycles. The van der Waals surface area contributed by atoms with Crippen LogP contribution in [0.1, 0.15) is 12.8 Å². The largest absolute Gasteiger partial charge is 0.492 e. The molecule has 3 N–H and O–H groups in total. The van der Waals surface area contributed by atoms with Crippen LogP contribution in [-0.2, 0) is 4.79 Å². The molecule has 2 rings (SSSR count). The number of carbonyl (C=O) groups is 1. The van der Waals surface area contributed by atoms with Crippen LogP contribution in [0.5, 0.6) is 5.75 Å². The van der Waals surface area contributed by atoms with Gasteiger partial charge in [0.25, 0.3) is 0 Å². The average Bonchev–Trinajstić information content (AvgIpc) is 3.17. The van der Waals surface area contributed by atoms with Crippen LogP contribution in [0, 0.1) is 5.41 Å². The first-order valence-corrected chi connectivity index (χ1v) is 6.32. The Hall–Kier alpha value is -1.62. The summed E-state index contributed by atoms with van der Waals surface area (Å²) in [5.41, 5.74) is 4.99. The van der Waals surface area contributed by atoms with Crippen molar-refractivity contribution in [3.8, 4) is 5.75 Å². The number of para-hydroxylation sites is 1. The number of hydrogen-bond acceptors (Lipinski definition) is 3. The monoisotopic (exact) mass is 264 g/mol. The molecule has 96 valence electrons. The van der Waals surface area contributed by atoms with Gasteiger partial charge in [0.2, 0.25) is 5.91 Å². The van der Waals surface area contributed by atoms with Gasteiger partial charge in [-0.2, -0.15) is 0 Å². The van der Waals surface area contributed by atoms with Crippen molar-refractivity contribution in [2.75, 3.05) is 13.2 Å². The molecule has 0 aliphatic heterocycles. The normalized spacial score (nSPS) is 15.8. The van der Waals surface area contributed by atoms with Gasteiger partial charge in [0.05, 0.1) is 16.9 Å². The molecule has 0 unspecified atom stereocenters. The van der Waals surface area contributed by atoms with Crippen molar-refractivity contribution in [2.24, 2.45) is 11.1 Å². The lowest BCUT2D eigenvalue weighted by molar-refractivity contribution is -0.124. The fourth-order valence-electron chi connectivity index (χ4n) is 1.73. The Labute approximate surface area is 112 Å². The van der Waals surface area contributed by atoms with E-state index in [1.54, 1.807) is 0 Å². The summed E-state index contributed by atoms with van der Waals surface area (Å²) < 4.78 is 5.47. The van der Waals surface area contributed by atoms with E-state index < -0.39 is 5.41 Å². The minimum Gasteiger partial charge on any atom is -0.492 e. The van der Waals surface area contributed by atoms with Crippen molar-refractivity contribution < 1.29 is 9.53 Å². The topological polar surface area (TPSA) is 64.4 Å². The molecule has 1 aliphatic rings. The lowest BCUT2D eigenvalue weighted by atomic mass is 10.1. The molecule has 0 bridgehead atoms. The molecular weight excluding hydrogens is 248 g/mol. The van der Waals surface area contributed by atoms with Crippen molar-refractivity contribution in [3.63, 3.8) is 0 Å². The van der Waals surface area contributed by atoms with E-state index in [0.717, 1.165) is 18.6 Å². The molecule has 1 aliphatic carbocycles. The number of benzene rings is 1. The highest BCUT2D eigenvalue weighted by atomic mass is 32.1. The van der Waals surface area contributed by atoms with Crippen molar-refractivity contribution in [2.45, 2.75) is 12.8 Å². The minimum atomic E-state index is -0.581. The van der Waals surface area contributed by atoms with Crippen LogP contribution < -0.4 is 15.8 Å². The van der Waals surface area contributed by atoms with Gasteiger partial charge in [0.15, 0.2) is 0 Å². The van der Waals surface area contributed by atoms with Gasteiger partial charge in [-0.15, -0.1) is 0 Å². The van der Waals surface area contributed by atoms with Crippen LogP contribution >= 0.6 is 12.2 Å². The smallest absolute Gasteiger partial charge is 0.233 e. The molecule has 0 aromatic heterocycles. The number of amides is 1. The van der Waals surface area contributed by atoms with Crippen LogP contribution in [0.3, 0.4) is 0 Å². The van der Waals surface area contributed by atoms with Gasteiger partial charge in [-0.05, 0) is 25.0 Å². The second kappa shape index (κ2) is 5.35. The van der Waals surface area contributed by atoms with Crippen molar-refractivity contribution in [1.29, 1.82) is 0 Å². The molecule has 0 radical (unpaired) electrons. The first-order valence-electron chi connectivity index (χ1n) is 5.91. The fraction of sp³-hybridized carbons (Fsp3) is 0.385. The average molecular weight is 264 g/mol. The van der Waals surface area contributed by atoms with Gasteiger partial charge in [0, 0.05) is 0 Å². The third-order valence-corrected chi connectivity index (χ3v) is 3.45. The van der Waals surface area contributed by atoms with Gasteiger partial charge in [-0.1, -0.05) is 30.4 Å². The van der Waals surface area contributed by atoms with Crippen LogP contribution in [0.25, 0.3) is 0 Å². The molecule has 0 saturated heterocycles. The number of nitrogens with one attached hydrogen (secondary N) is 1. The summed E-state index contributed by atoms with van der Waals surface area (Å²) >= 11 is 4.91. The molecular formula is C13H16N2O2S. The Morgan fingerprint density at radius 2 is 2.06 bits per heavy atom. The maximum absolute atomic E-state index is 11.8. The summed E-state index contributed by atoms with van der Waals surface area (Å²) in [6.07, 6.45) is 1.52. The van der Waals surface area contributed by atoms with Crippen molar-refractivity contribution >= 4 is 23.1 Å². The summed E-state index contributed by atoms with van der Waals surface area (Å²) in [6.45, 7) is 0.890. The molecule has 1 fully saturated rings. The standard InChI is InChI=1S/C13H16N2O2S/c14-11(18)13(6-7-13)12(16)15-8-9-17-10-4-2-1-3-5-10/h1-5H,6-9H2,(H2,14,18)(H,15,16). The lowest BCUT2D eigenvalue weighted by Gasteiger charge is -2.13. The quantitative estimate of drug-likeness (QED) is 0.599. The molecule has 5 heteroatoms. The van der Waals surface area contributed by atoms with Gasteiger partial charge in [-0.3, -0.25) is 4.79 Å². The molecule has 4 nitrogen and oxygen atoms in total. The number of hydrogen-bond donors (Lipinski definition) is 2. The van der Waals surface area contributed by atoms with E-state index in [0.29, 0.717) is 18.1 Å². The molecule has 1 amide bonds. The van der Waals surface area contributed by atoms with Crippen LogP contribution in [-0.4, -0.2) is 24.0 Å².